The quantitative estimate of drug-likeness (QED) is 0.670. The minimum Gasteiger partial charge on any atom is -0.481 e. The van der Waals surface area contributed by atoms with Crippen LogP contribution in [-0.2, 0) is 4.79 Å². The molecule has 0 aliphatic carbocycles. The van der Waals surface area contributed by atoms with E-state index in [9.17, 15) is 9.59 Å². The van der Waals surface area contributed by atoms with Crippen molar-refractivity contribution >= 4 is 12.0 Å². The lowest BCUT2D eigenvalue weighted by Gasteiger charge is -2.35. The van der Waals surface area contributed by atoms with Gasteiger partial charge in [0.1, 0.15) is 0 Å². The van der Waals surface area contributed by atoms with Gasteiger partial charge in [-0.1, -0.05) is 13.8 Å². The van der Waals surface area contributed by atoms with Gasteiger partial charge in [0, 0.05) is 19.1 Å². The molecular formula is C15H29N3O3. The van der Waals surface area contributed by atoms with Gasteiger partial charge in [-0.2, -0.15) is 0 Å². The highest BCUT2D eigenvalue weighted by molar-refractivity contribution is 5.76. The summed E-state index contributed by atoms with van der Waals surface area (Å²) in [7, 11) is 0. The van der Waals surface area contributed by atoms with E-state index in [2.05, 4.69) is 24.1 Å². The standard InChI is InChI=1S/C15H29N3O3/c1-3-17(4-2)10-7-9-16-15(21)18-11-6-5-8-13(18)12-14(19)20/h13H,3-12H2,1-2H3,(H,16,21)(H,19,20). The number of likely N-dealkylation sites (tertiary alicyclic amines) is 1. The smallest absolute Gasteiger partial charge is 0.317 e. The number of hydrogen-bond donors (Lipinski definition) is 2. The summed E-state index contributed by atoms with van der Waals surface area (Å²) in [5.41, 5.74) is 0. The van der Waals surface area contributed by atoms with E-state index in [1.54, 1.807) is 4.90 Å². The maximum absolute atomic E-state index is 12.2. The number of carboxylic acid groups (broad SMARTS) is 1. The summed E-state index contributed by atoms with van der Waals surface area (Å²) in [4.78, 5) is 27.1. The first-order valence-corrected chi connectivity index (χ1v) is 8.07. The summed E-state index contributed by atoms with van der Waals surface area (Å²) in [6.45, 7) is 8.60. The van der Waals surface area contributed by atoms with Crippen molar-refractivity contribution < 1.29 is 14.7 Å². The van der Waals surface area contributed by atoms with E-state index < -0.39 is 5.97 Å². The first-order valence-electron chi connectivity index (χ1n) is 8.07. The van der Waals surface area contributed by atoms with Crippen molar-refractivity contribution in [1.82, 2.24) is 15.1 Å². The predicted octanol–water partition coefficient (Wildman–Crippen LogP) is 1.76. The molecule has 0 aromatic rings. The van der Waals surface area contributed by atoms with Gasteiger partial charge >= 0.3 is 12.0 Å². The summed E-state index contributed by atoms with van der Waals surface area (Å²) < 4.78 is 0. The van der Waals surface area contributed by atoms with Crippen LogP contribution >= 0.6 is 0 Å². The Bertz CT molecular complexity index is 332. The van der Waals surface area contributed by atoms with Crippen LogP contribution < -0.4 is 5.32 Å². The van der Waals surface area contributed by atoms with Crippen LogP contribution in [0.1, 0.15) is 46.0 Å². The fourth-order valence-electron chi connectivity index (χ4n) is 2.82. The molecule has 0 aromatic carbocycles. The molecule has 0 aromatic heterocycles. The Kier molecular flexibility index (Phi) is 8.12. The van der Waals surface area contributed by atoms with Gasteiger partial charge in [-0.3, -0.25) is 4.79 Å². The number of hydrogen-bond acceptors (Lipinski definition) is 3. The fourth-order valence-corrected chi connectivity index (χ4v) is 2.82. The minimum atomic E-state index is -0.832. The molecule has 2 amide bonds. The maximum atomic E-state index is 12.2. The van der Waals surface area contributed by atoms with E-state index in [1.165, 1.54) is 0 Å². The lowest BCUT2D eigenvalue weighted by molar-refractivity contribution is -0.138. The second-order valence-corrected chi connectivity index (χ2v) is 5.55. The van der Waals surface area contributed by atoms with E-state index in [1.807, 2.05) is 0 Å². The van der Waals surface area contributed by atoms with Crippen molar-refractivity contribution in [2.24, 2.45) is 0 Å². The van der Waals surface area contributed by atoms with Gasteiger partial charge in [-0.25, -0.2) is 4.79 Å². The molecule has 1 atom stereocenters. The monoisotopic (exact) mass is 299 g/mol. The normalized spacial score (nSPS) is 18.8. The van der Waals surface area contributed by atoms with Crippen LogP contribution in [0, 0.1) is 0 Å². The molecule has 0 bridgehead atoms. The van der Waals surface area contributed by atoms with Gasteiger partial charge in [0.05, 0.1) is 6.42 Å². The van der Waals surface area contributed by atoms with Crippen molar-refractivity contribution in [3.8, 4) is 0 Å². The lowest BCUT2D eigenvalue weighted by Crippen LogP contribution is -2.49. The zero-order chi connectivity index (χ0) is 15.7. The van der Waals surface area contributed by atoms with E-state index in [0.717, 1.165) is 45.3 Å². The van der Waals surface area contributed by atoms with Crippen molar-refractivity contribution in [2.45, 2.75) is 52.0 Å². The van der Waals surface area contributed by atoms with E-state index >= 15 is 0 Å². The van der Waals surface area contributed by atoms with Gasteiger partial charge in [-0.05, 0) is 45.3 Å². The third-order valence-corrected chi connectivity index (χ3v) is 4.12. The largest absolute Gasteiger partial charge is 0.481 e. The van der Waals surface area contributed by atoms with E-state index in [0.29, 0.717) is 13.1 Å². The fraction of sp³-hybridized carbons (Fsp3) is 0.867. The molecule has 6 nitrogen and oxygen atoms in total. The molecule has 0 saturated carbocycles. The molecule has 1 aliphatic rings. The second kappa shape index (κ2) is 9.60. The Morgan fingerprint density at radius 3 is 2.62 bits per heavy atom. The first kappa shape index (κ1) is 17.8. The molecule has 6 heteroatoms. The summed E-state index contributed by atoms with van der Waals surface area (Å²) in [6, 6.07) is -0.264. The van der Waals surface area contributed by atoms with Crippen LogP contribution in [0.3, 0.4) is 0 Å². The summed E-state index contributed by atoms with van der Waals surface area (Å²) in [5.74, 6) is -0.832. The van der Waals surface area contributed by atoms with Crippen LogP contribution in [-0.4, -0.2) is 65.7 Å². The Labute approximate surface area is 127 Å². The molecule has 1 fully saturated rings. The van der Waals surface area contributed by atoms with E-state index in [4.69, 9.17) is 5.11 Å². The zero-order valence-electron chi connectivity index (χ0n) is 13.3. The second-order valence-electron chi connectivity index (χ2n) is 5.55. The zero-order valence-corrected chi connectivity index (χ0v) is 13.3. The summed E-state index contributed by atoms with van der Waals surface area (Å²) in [5, 5.41) is 11.9. The SMILES string of the molecule is CCN(CC)CCCNC(=O)N1CCCCC1CC(=O)O. The van der Waals surface area contributed by atoms with Gasteiger partial charge in [0.2, 0.25) is 0 Å². The van der Waals surface area contributed by atoms with Crippen molar-refractivity contribution in [3.05, 3.63) is 0 Å². The summed E-state index contributed by atoms with van der Waals surface area (Å²) >= 11 is 0. The van der Waals surface area contributed by atoms with Crippen molar-refractivity contribution in [2.75, 3.05) is 32.7 Å². The number of urea groups is 1. The lowest BCUT2D eigenvalue weighted by atomic mass is 10.00. The van der Waals surface area contributed by atoms with Gasteiger partial charge in [0.25, 0.3) is 0 Å². The van der Waals surface area contributed by atoms with Crippen LogP contribution in [0.15, 0.2) is 0 Å². The molecule has 0 radical (unpaired) electrons. The highest BCUT2D eigenvalue weighted by Crippen LogP contribution is 2.19. The Hall–Kier alpha value is -1.30. The predicted molar refractivity (Wildman–Crippen MR) is 82.4 cm³/mol. The molecule has 1 heterocycles. The Balaban J connectivity index is 2.33. The number of carbonyl (C=O) groups is 2. The number of rotatable bonds is 8. The number of carboxylic acids is 1. The molecular weight excluding hydrogens is 270 g/mol. The topological polar surface area (TPSA) is 72.9 Å². The van der Waals surface area contributed by atoms with Crippen molar-refractivity contribution in [3.63, 3.8) is 0 Å². The maximum Gasteiger partial charge on any atom is 0.317 e. The molecule has 2 N–H and O–H groups in total. The molecule has 1 rings (SSSR count). The number of nitrogens with zero attached hydrogens (tertiary/aromatic N) is 2. The number of nitrogens with one attached hydrogen (secondary N) is 1. The number of amides is 2. The molecule has 1 aliphatic heterocycles. The third kappa shape index (κ3) is 6.33. The first-order chi connectivity index (χ1) is 10.1. The van der Waals surface area contributed by atoms with Crippen LogP contribution in [0.4, 0.5) is 4.79 Å². The highest BCUT2D eigenvalue weighted by Gasteiger charge is 2.28. The van der Waals surface area contributed by atoms with Gasteiger partial charge in [-0.15, -0.1) is 0 Å². The average Bonchev–Trinajstić information content (AvgIpc) is 2.47. The van der Waals surface area contributed by atoms with Crippen LogP contribution in [0.25, 0.3) is 0 Å². The average molecular weight is 299 g/mol. The van der Waals surface area contributed by atoms with Crippen LogP contribution in [0.2, 0.25) is 0 Å². The minimum absolute atomic E-state index is 0.0485. The Morgan fingerprint density at radius 2 is 2.00 bits per heavy atom. The number of aliphatic carboxylic acids is 1. The molecule has 122 valence electrons. The molecule has 1 saturated heterocycles. The van der Waals surface area contributed by atoms with Gasteiger partial charge < -0.3 is 20.2 Å². The third-order valence-electron chi connectivity index (χ3n) is 4.12. The molecule has 0 spiro atoms. The number of carbonyl (C=O) groups excluding carboxylic acids is 1. The Morgan fingerprint density at radius 1 is 1.29 bits per heavy atom. The van der Waals surface area contributed by atoms with Crippen molar-refractivity contribution in [1.29, 1.82) is 0 Å². The highest BCUT2D eigenvalue weighted by atomic mass is 16.4. The van der Waals surface area contributed by atoms with Gasteiger partial charge in [0.15, 0.2) is 0 Å². The van der Waals surface area contributed by atoms with Crippen LogP contribution in [0.5, 0.6) is 0 Å². The molecule has 21 heavy (non-hydrogen) atoms. The van der Waals surface area contributed by atoms with E-state index in [-0.39, 0.29) is 18.5 Å². The molecule has 1 unspecified atom stereocenters. The summed E-state index contributed by atoms with van der Waals surface area (Å²) in [6.07, 6.45) is 3.73. The number of piperidine rings is 1.